The molecule has 3 N–H and O–H groups in total. The molecule has 2 aromatic rings. The third-order valence-electron chi connectivity index (χ3n) is 5.66. The number of alkyl carbamates (subject to hydrolysis) is 1. The highest BCUT2D eigenvalue weighted by atomic mass is 32.2. The van der Waals surface area contributed by atoms with Gasteiger partial charge in [0.05, 0.1) is 0 Å². The maximum absolute atomic E-state index is 12.7. The number of ether oxygens (including phenoxy) is 1. The fourth-order valence-corrected chi connectivity index (χ4v) is 4.43. The molecule has 1 unspecified atom stereocenters. The first-order chi connectivity index (χ1) is 16.5. The Labute approximate surface area is 203 Å². The quantitative estimate of drug-likeness (QED) is 0.449. The molecule has 7 nitrogen and oxygen atoms in total. The van der Waals surface area contributed by atoms with Gasteiger partial charge < -0.3 is 20.5 Å². The van der Waals surface area contributed by atoms with Gasteiger partial charge in [-0.25, -0.2) is 9.59 Å². The molecule has 2 amide bonds. The lowest BCUT2D eigenvalue weighted by Crippen LogP contribution is -2.52. The van der Waals surface area contributed by atoms with Crippen LogP contribution in [0.3, 0.4) is 0 Å². The van der Waals surface area contributed by atoms with Crippen molar-refractivity contribution in [2.45, 2.75) is 37.8 Å². The molecular formula is C26H28N2O5S. The van der Waals surface area contributed by atoms with Crippen molar-refractivity contribution in [3.63, 3.8) is 0 Å². The Bertz CT molecular complexity index is 1060. The van der Waals surface area contributed by atoms with Gasteiger partial charge in [0, 0.05) is 12.3 Å². The topological polar surface area (TPSA) is 105 Å². The largest absolute Gasteiger partial charge is 0.480 e. The van der Waals surface area contributed by atoms with Gasteiger partial charge in [-0.3, -0.25) is 4.79 Å². The molecule has 2 aromatic carbocycles. The van der Waals surface area contributed by atoms with E-state index in [1.165, 1.54) is 11.8 Å². The van der Waals surface area contributed by atoms with E-state index in [9.17, 15) is 19.5 Å². The molecule has 178 valence electrons. The van der Waals surface area contributed by atoms with Crippen molar-refractivity contribution in [2.24, 2.45) is 0 Å². The van der Waals surface area contributed by atoms with E-state index in [2.05, 4.69) is 34.6 Å². The monoisotopic (exact) mass is 480 g/mol. The van der Waals surface area contributed by atoms with Crippen LogP contribution in [0.25, 0.3) is 11.1 Å². The second kappa shape index (κ2) is 12.1. The second-order valence-electron chi connectivity index (χ2n) is 7.83. The van der Waals surface area contributed by atoms with E-state index in [-0.39, 0.29) is 18.9 Å². The number of rotatable bonds is 10. The molecule has 0 heterocycles. The smallest absolute Gasteiger partial charge is 0.407 e. The Hall–Kier alpha value is -3.44. The van der Waals surface area contributed by atoms with Crippen molar-refractivity contribution >= 4 is 29.7 Å². The number of hydrogen-bond acceptors (Lipinski definition) is 5. The lowest BCUT2D eigenvalue weighted by atomic mass is 9.98. The summed E-state index contributed by atoms with van der Waals surface area (Å²) >= 11 is 1.52. The molecule has 3 rings (SSSR count). The molecule has 8 heteroatoms. The van der Waals surface area contributed by atoms with Crippen molar-refractivity contribution in [1.82, 2.24) is 10.6 Å². The second-order valence-corrected chi connectivity index (χ2v) is 8.82. The standard InChI is InChI=1S/C26H28N2O5S/c1-3-4-13-23(25(30)31)27-24(29)22(14-15-34-2)28-26(32)33-16-21-19-11-7-5-9-17(19)18-10-6-8-12-20(18)21/h5-12,21-23H,13-16H2,1-2H3,(H,27,29)(H,28,32)(H,30,31)/t22-,23?/m1/s1. The van der Waals surface area contributed by atoms with Crippen molar-refractivity contribution in [3.05, 3.63) is 59.7 Å². The highest BCUT2D eigenvalue weighted by molar-refractivity contribution is 7.98. The van der Waals surface area contributed by atoms with Crippen molar-refractivity contribution in [1.29, 1.82) is 0 Å². The highest BCUT2D eigenvalue weighted by Gasteiger charge is 2.30. The molecule has 0 saturated heterocycles. The maximum atomic E-state index is 12.7. The van der Waals surface area contributed by atoms with E-state index in [1.54, 1.807) is 6.92 Å². The third-order valence-corrected chi connectivity index (χ3v) is 6.30. The predicted octanol–water partition coefficient (Wildman–Crippen LogP) is 3.63. The van der Waals surface area contributed by atoms with E-state index >= 15 is 0 Å². The summed E-state index contributed by atoms with van der Waals surface area (Å²) in [6.07, 6.45) is 1.49. The van der Waals surface area contributed by atoms with Gasteiger partial charge in [-0.1, -0.05) is 48.5 Å². The Balaban J connectivity index is 1.65. The Kier molecular flexibility index (Phi) is 9.00. The third kappa shape index (κ3) is 6.12. The van der Waals surface area contributed by atoms with Crippen LogP contribution in [0, 0.1) is 11.8 Å². The summed E-state index contributed by atoms with van der Waals surface area (Å²) in [5.41, 5.74) is 4.43. The minimum absolute atomic E-state index is 0.0161. The molecule has 0 aliphatic heterocycles. The summed E-state index contributed by atoms with van der Waals surface area (Å²) in [4.78, 5) is 36.8. The number of aliphatic carboxylic acids is 1. The number of carboxylic acid groups (broad SMARTS) is 1. The molecule has 1 aliphatic carbocycles. The lowest BCUT2D eigenvalue weighted by molar-refractivity contribution is -0.141. The first-order valence-corrected chi connectivity index (χ1v) is 12.4. The van der Waals surface area contributed by atoms with Crippen LogP contribution in [-0.4, -0.2) is 53.8 Å². The van der Waals surface area contributed by atoms with Gasteiger partial charge in [0.15, 0.2) is 0 Å². The zero-order chi connectivity index (χ0) is 24.5. The minimum atomic E-state index is -1.18. The van der Waals surface area contributed by atoms with Crippen LogP contribution in [0.4, 0.5) is 4.79 Å². The average Bonchev–Trinajstić information content (AvgIpc) is 3.16. The number of amides is 2. The number of nitrogens with one attached hydrogen (secondary N) is 2. The summed E-state index contributed by atoms with van der Waals surface area (Å²) in [5, 5.41) is 14.4. The number of benzene rings is 2. The number of thioether (sulfide) groups is 1. The van der Waals surface area contributed by atoms with Crippen LogP contribution in [0.2, 0.25) is 0 Å². The lowest BCUT2D eigenvalue weighted by Gasteiger charge is -2.21. The molecular weight excluding hydrogens is 452 g/mol. The van der Waals surface area contributed by atoms with Gasteiger partial charge in [0.2, 0.25) is 5.91 Å². The fraction of sp³-hybridized carbons (Fsp3) is 0.346. The summed E-state index contributed by atoms with van der Waals surface area (Å²) in [7, 11) is 0. The van der Waals surface area contributed by atoms with Gasteiger partial charge >= 0.3 is 12.1 Å². The molecule has 0 bridgehead atoms. The SMILES string of the molecule is CC#CCC(NC(=O)[C@@H](CCSC)NC(=O)OCC1c2ccccc2-c2ccccc21)C(=O)O. The summed E-state index contributed by atoms with van der Waals surface area (Å²) in [5.74, 6) is 4.04. The van der Waals surface area contributed by atoms with Crippen LogP contribution >= 0.6 is 11.8 Å². The number of carboxylic acids is 1. The highest BCUT2D eigenvalue weighted by Crippen LogP contribution is 2.44. The number of hydrogen-bond donors (Lipinski definition) is 3. The van der Waals surface area contributed by atoms with Crippen molar-refractivity contribution < 1.29 is 24.2 Å². The van der Waals surface area contributed by atoms with Gasteiger partial charge in [0.1, 0.15) is 18.7 Å². The van der Waals surface area contributed by atoms with E-state index in [0.29, 0.717) is 12.2 Å². The van der Waals surface area contributed by atoms with Crippen LogP contribution < -0.4 is 10.6 Å². The van der Waals surface area contributed by atoms with E-state index in [4.69, 9.17) is 4.74 Å². The molecule has 0 spiro atoms. The van der Waals surface area contributed by atoms with Gasteiger partial charge in [-0.05, 0) is 47.6 Å². The molecule has 0 fully saturated rings. The molecule has 34 heavy (non-hydrogen) atoms. The molecule has 0 aromatic heterocycles. The van der Waals surface area contributed by atoms with Crippen LogP contribution in [0.5, 0.6) is 0 Å². The van der Waals surface area contributed by atoms with Crippen LogP contribution in [0.15, 0.2) is 48.5 Å². The first-order valence-electron chi connectivity index (χ1n) is 11.0. The number of carbonyl (C=O) groups excluding carboxylic acids is 2. The van der Waals surface area contributed by atoms with Crippen molar-refractivity contribution in [3.8, 4) is 23.0 Å². The zero-order valence-electron chi connectivity index (χ0n) is 19.2. The molecule has 1 aliphatic rings. The van der Waals surface area contributed by atoms with E-state index < -0.39 is 30.1 Å². The van der Waals surface area contributed by atoms with Gasteiger partial charge in [-0.2, -0.15) is 11.8 Å². The van der Waals surface area contributed by atoms with Gasteiger partial charge in [-0.15, -0.1) is 11.8 Å². The Morgan fingerprint density at radius 2 is 1.65 bits per heavy atom. The molecule has 0 saturated carbocycles. The van der Waals surface area contributed by atoms with Gasteiger partial charge in [0.25, 0.3) is 0 Å². The fourth-order valence-electron chi connectivity index (χ4n) is 3.96. The van der Waals surface area contributed by atoms with Crippen LogP contribution in [0.1, 0.15) is 36.8 Å². The van der Waals surface area contributed by atoms with E-state index in [1.807, 2.05) is 42.7 Å². The zero-order valence-corrected chi connectivity index (χ0v) is 20.0. The summed E-state index contributed by atoms with van der Waals surface area (Å²) in [6.45, 7) is 1.72. The number of carbonyl (C=O) groups is 3. The average molecular weight is 481 g/mol. The Morgan fingerprint density at radius 3 is 2.21 bits per heavy atom. The van der Waals surface area contributed by atoms with Crippen LogP contribution in [-0.2, 0) is 14.3 Å². The minimum Gasteiger partial charge on any atom is -0.480 e. The molecule has 0 radical (unpaired) electrons. The van der Waals surface area contributed by atoms with Crippen molar-refractivity contribution in [2.75, 3.05) is 18.6 Å². The first kappa shape index (κ1) is 25.2. The Morgan fingerprint density at radius 1 is 1.03 bits per heavy atom. The summed E-state index contributed by atoms with van der Waals surface area (Å²) < 4.78 is 5.54. The number of fused-ring (bicyclic) bond motifs is 3. The normalized spacial score (nSPS) is 13.5. The maximum Gasteiger partial charge on any atom is 0.407 e. The van der Waals surface area contributed by atoms with E-state index in [0.717, 1.165) is 22.3 Å². The predicted molar refractivity (Wildman–Crippen MR) is 133 cm³/mol. The summed E-state index contributed by atoms with van der Waals surface area (Å²) in [6, 6.07) is 14.0. The molecule has 2 atom stereocenters.